The molecule has 6 heteroatoms. The smallest absolute Gasteiger partial charge is 0.259 e. The molecule has 0 radical (unpaired) electrons. The largest absolute Gasteiger partial charge is 0.382 e. The van der Waals surface area contributed by atoms with Crippen molar-refractivity contribution in [3.63, 3.8) is 0 Å². The van der Waals surface area contributed by atoms with Crippen molar-refractivity contribution in [3.8, 4) is 0 Å². The second kappa shape index (κ2) is 10.5. The molecule has 0 spiro atoms. The van der Waals surface area contributed by atoms with Gasteiger partial charge >= 0.3 is 0 Å². The van der Waals surface area contributed by atoms with E-state index in [1.807, 2.05) is 79.7 Å². The number of carbonyl (C=O) groups excluding carboxylic acids is 2. The van der Waals surface area contributed by atoms with Crippen LogP contribution in [0.1, 0.15) is 39.6 Å². The van der Waals surface area contributed by atoms with Gasteiger partial charge < -0.3 is 15.0 Å². The first-order chi connectivity index (χ1) is 15.7. The molecule has 0 fully saturated rings. The van der Waals surface area contributed by atoms with E-state index < -0.39 is 0 Å². The van der Waals surface area contributed by atoms with Crippen LogP contribution in [0.4, 0.5) is 5.69 Å². The lowest BCUT2D eigenvalue weighted by atomic mass is 10.1. The normalized spacial score (nSPS) is 12.7. The van der Waals surface area contributed by atoms with Crippen LogP contribution >= 0.6 is 11.8 Å². The second-order valence-electron chi connectivity index (χ2n) is 7.46. The number of benzene rings is 3. The molecule has 0 saturated heterocycles. The number of nitrogens with zero attached hydrogens (tertiary/aromatic N) is 1. The van der Waals surface area contributed by atoms with Crippen LogP contribution < -0.4 is 10.2 Å². The Kier molecular flexibility index (Phi) is 7.24. The van der Waals surface area contributed by atoms with Gasteiger partial charge in [0.2, 0.25) is 0 Å². The van der Waals surface area contributed by atoms with Crippen LogP contribution in [0.25, 0.3) is 0 Å². The topological polar surface area (TPSA) is 58.6 Å². The lowest BCUT2D eigenvalue weighted by Crippen LogP contribution is -2.31. The quantitative estimate of drug-likeness (QED) is 0.486. The third-order valence-electron chi connectivity index (χ3n) is 5.23. The number of hydrogen-bond donors (Lipinski definition) is 1. The van der Waals surface area contributed by atoms with E-state index in [1.165, 1.54) is 0 Å². The number of fused-ring (bicyclic) bond motifs is 2. The third kappa shape index (κ3) is 5.03. The van der Waals surface area contributed by atoms with Crippen molar-refractivity contribution in [2.24, 2.45) is 0 Å². The Bertz CT molecular complexity index is 1100. The summed E-state index contributed by atoms with van der Waals surface area (Å²) in [6.45, 7) is 4.22. The maximum Gasteiger partial charge on any atom is 0.259 e. The molecule has 5 nitrogen and oxygen atoms in total. The summed E-state index contributed by atoms with van der Waals surface area (Å²) in [5, 5.41) is 2.94. The molecular formula is C26H26N2O3S. The van der Waals surface area contributed by atoms with Crippen LogP contribution in [0.3, 0.4) is 0 Å². The van der Waals surface area contributed by atoms with Crippen molar-refractivity contribution in [1.29, 1.82) is 0 Å². The molecule has 164 valence electrons. The number of rotatable bonds is 8. The summed E-state index contributed by atoms with van der Waals surface area (Å²) in [4.78, 5) is 30.0. The molecule has 1 aliphatic heterocycles. The van der Waals surface area contributed by atoms with E-state index in [-0.39, 0.29) is 11.8 Å². The van der Waals surface area contributed by atoms with E-state index in [0.717, 1.165) is 27.5 Å². The molecule has 4 rings (SSSR count). The first-order valence-corrected chi connectivity index (χ1v) is 11.6. The maximum absolute atomic E-state index is 13.6. The van der Waals surface area contributed by atoms with Gasteiger partial charge in [-0.15, -0.1) is 0 Å². The monoisotopic (exact) mass is 446 g/mol. The molecule has 1 aliphatic rings. The van der Waals surface area contributed by atoms with Crippen molar-refractivity contribution in [3.05, 3.63) is 89.5 Å². The molecular weight excluding hydrogens is 420 g/mol. The fourth-order valence-corrected chi connectivity index (χ4v) is 4.67. The number of anilines is 1. The van der Waals surface area contributed by atoms with Gasteiger partial charge in [-0.25, -0.2) is 0 Å². The first-order valence-electron chi connectivity index (χ1n) is 10.8. The molecule has 0 bridgehead atoms. The van der Waals surface area contributed by atoms with Crippen molar-refractivity contribution in [2.45, 2.75) is 29.7 Å². The van der Waals surface area contributed by atoms with Crippen LogP contribution in [0.15, 0.2) is 82.6 Å². The third-order valence-corrected chi connectivity index (χ3v) is 6.37. The van der Waals surface area contributed by atoms with Crippen molar-refractivity contribution >= 4 is 29.3 Å². The Morgan fingerprint density at radius 3 is 2.59 bits per heavy atom. The molecule has 32 heavy (non-hydrogen) atoms. The molecule has 0 saturated carbocycles. The van der Waals surface area contributed by atoms with Gasteiger partial charge in [-0.3, -0.25) is 9.59 Å². The predicted molar refractivity (Wildman–Crippen MR) is 127 cm³/mol. The van der Waals surface area contributed by atoms with Crippen LogP contribution in [0.5, 0.6) is 0 Å². The van der Waals surface area contributed by atoms with Gasteiger partial charge in [-0.1, -0.05) is 54.2 Å². The number of nitrogens with one attached hydrogen (secondary N) is 1. The van der Waals surface area contributed by atoms with Crippen molar-refractivity contribution in [2.75, 3.05) is 24.7 Å². The summed E-state index contributed by atoms with van der Waals surface area (Å²) in [6.07, 6.45) is 0.758. The molecule has 2 amide bonds. The van der Waals surface area contributed by atoms with Gasteiger partial charge in [0.15, 0.2) is 0 Å². The average molecular weight is 447 g/mol. The van der Waals surface area contributed by atoms with Gasteiger partial charge in [-0.2, -0.15) is 0 Å². The van der Waals surface area contributed by atoms with Gasteiger partial charge in [0.05, 0.1) is 17.8 Å². The number of hydrogen-bond acceptors (Lipinski definition) is 4. The highest BCUT2D eigenvalue weighted by Gasteiger charge is 2.28. The van der Waals surface area contributed by atoms with Crippen LogP contribution in [0.2, 0.25) is 0 Å². The summed E-state index contributed by atoms with van der Waals surface area (Å²) in [6, 6.07) is 23.1. The zero-order chi connectivity index (χ0) is 22.3. The molecule has 3 aromatic carbocycles. The van der Waals surface area contributed by atoms with E-state index in [0.29, 0.717) is 37.4 Å². The highest BCUT2D eigenvalue weighted by Crippen LogP contribution is 2.42. The molecule has 0 aromatic heterocycles. The maximum atomic E-state index is 13.6. The van der Waals surface area contributed by atoms with Gasteiger partial charge in [0, 0.05) is 35.1 Å². The lowest BCUT2D eigenvalue weighted by Gasteiger charge is -2.24. The minimum atomic E-state index is -0.150. The summed E-state index contributed by atoms with van der Waals surface area (Å²) in [5.74, 6) is -0.215. The van der Waals surface area contributed by atoms with E-state index in [9.17, 15) is 9.59 Å². The fourth-order valence-electron chi connectivity index (χ4n) is 3.61. The first kappa shape index (κ1) is 22.1. The summed E-state index contributed by atoms with van der Waals surface area (Å²) < 4.78 is 5.32. The molecule has 1 N–H and O–H groups in total. The van der Waals surface area contributed by atoms with E-state index in [1.54, 1.807) is 16.7 Å². The highest BCUT2D eigenvalue weighted by molar-refractivity contribution is 7.99. The lowest BCUT2D eigenvalue weighted by molar-refractivity contribution is 0.0941. The fraction of sp³-hybridized carbons (Fsp3) is 0.231. The van der Waals surface area contributed by atoms with Gasteiger partial charge in [-0.05, 0) is 49.2 Å². The van der Waals surface area contributed by atoms with E-state index in [4.69, 9.17) is 4.74 Å². The number of carbonyl (C=O) groups is 2. The molecule has 0 aliphatic carbocycles. The molecule has 3 aromatic rings. The number of ether oxygens (including phenoxy) is 1. The SMILES string of the molecule is CCOCCCNC(=O)c1ccc2c(c1)N(Cc1ccccc1)C(=O)c1ccccc1S2. The van der Waals surface area contributed by atoms with Crippen molar-refractivity contribution in [1.82, 2.24) is 5.32 Å². The average Bonchev–Trinajstić information content (AvgIpc) is 2.94. The minimum absolute atomic E-state index is 0.0648. The summed E-state index contributed by atoms with van der Waals surface area (Å²) in [7, 11) is 0. The van der Waals surface area contributed by atoms with Gasteiger partial charge in [0.25, 0.3) is 11.8 Å². The van der Waals surface area contributed by atoms with E-state index >= 15 is 0 Å². The highest BCUT2D eigenvalue weighted by atomic mass is 32.2. The van der Waals surface area contributed by atoms with Gasteiger partial charge in [0.1, 0.15) is 0 Å². The Labute approximate surface area is 192 Å². The summed E-state index contributed by atoms with van der Waals surface area (Å²) >= 11 is 1.56. The standard InChI is InChI=1S/C26H26N2O3S/c1-2-31-16-8-15-27-25(29)20-13-14-24-22(17-20)28(18-19-9-4-3-5-10-19)26(30)21-11-6-7-12-23(21)32-24/h3-7,9-14,17H,2,8,15-16,18H2,1H3,(H,27,29). The predicted octanol–water partition coefficient (Wildman–Crippen LogP) is 5.15. The van der Waals surface area contributed by atoms with Crippen LogP contribution in [-0.4, -0.2) is 31.6 Å². The molecule has 0 unspecified atom stereocenters. The zero-order valence-electron chi connectivity index (χ0n) is 18.0. The Hall–Kier alpha value is -3.09. The van der Waals surface area contributed by atoms with Crippen molar-refractivity contribution < 1.29 is 14.3 Å². The Balaban J connectivity index is 1.65. The van der Waals surface area contributed by atoms with E-state index in [2.05, 4.69) is 5.32 Å². The summed E-state index contributed by atoms with van der Waals surface area (Å²) in [5.41, 5.74) is 2.99. The Morgan fingerprint density at radius 2 is 1.78 bits per heavy atom. The molecule has 0 atom stereocenters. The van der Waals surface area contributed by atoms with Crippen LogP contribution in [-0.2, 0) is 11.3 Å². The Morgan fingerprint density at radius 1 is 1.00 bits per heavy atom. The second-order valence-corrected chi connectivity index (χ2v) is 8.55. The number of amides is 2. The van der Waals surface area contributed by atoms with Crippen LogP contribution in [0, 0.1) is 0 Å². The zero-order valence-corrected chi connectivity index (χ0v) is 18.9. The minimum Gasteiger partial charge on any atom is -0.382 e. The molecule has 1 heterocycles.